The minimum atomic E-state index is -0.421. The van der Waals surface area contributed by atoms with Crippen LogP contribution in [-0.4, -0.2) is 9.67 Å². The molecule has 6 rings (SSSR count). The molecule has 0 saturated carbocycles. The molecule has 0 unspecified atom stereocenters. The Balaban J connectivity index is 1.87. The summed E-state index contributed by atoms with van der Waals surface area (Å²) < 4.78 is 7.16. The predicted octanol–water partition coefficient (Wildman–Crippen LogP) is 4.55. The second-order valence-corrected chi connectivity index (χ2v) is 7.09. The summed E-state index contributed by atoms with van der Waals surface area (Å²) in [6, 6.07) is 21.0. The third-order valence-electron chi connectivity index (χ3n) is 5.47. The number of aromatic hydroxyl groups is 1. The highest BCUT2D eigenvalue weighted by atomic mass is 16.3. The minimum Gasteiger partial charge on any atom is -0.508 e. The van der Waals surface area contributed by atoms with Crippen LogP contribution in [0.25, 0.3) is 49.2 Å². The standard InChI is InChI=1S/C24H13NO4/c26-14-5-3-4-13(12-14)25-23(27)17-9-8-16-15-6-1-2-7-19(15)29-20-11-10-18(24(25)28)21(17)22(16)20/h1-12,26H. The number of phenols is 1. The number of hydrogen-bond acceptors (Lipinski definition) is 4. The average molecular weight is 379 g/mol. The number of phenolic OH excluding ortho intramolecular Hbond substituents is 1. The first-order chi connectivity index (χ1) is 14.1. The molecule has 0 aliphatic heterocycles. The zero-order valence-electron chi connectivity index (χ0n) is 15.0. The van der Waals surface area contributed by atoms with Gasteiger partial charge in [-0.2, -0.15) is 0 Å². The molecule has 0 spiro atoms. The smallest absolute Gasteiger partial charge is 0.265 e. The van der Waals surface area contributed by atoms with Crippen molar-refractivity contribution in [2.45, 2.75) is 0 Å². The average Bonchev–Trinajstić information content (AvgIpc) is 2.73. The van der Waals surface area contributed by atoms with Gasteiger partial charge in [0.2, 0.25) is 0 Å². The molecule has 138 valence electrons. The topological polar surface area (TPSA) is 72.4 Å². The highest BCUT2D eigenvalue weighted by molar-refractivity contribution is 6.26. The monoisotopic (exact) mass is 379 g/mol. The molecule has 5 nitrogen and oxygen atoms in total. The van der Waals surface area contributed by atoms with E-state index in [1.165, 1.54) is 12.1 Å². The number of rotatable bonds is 1. The molecule has 0 amide bonds. The normalized spacial score (nSPS) is 11.9. The van der Waals surface area contributed by atoms with Crippen LogP contribution in [0.4, 0.5) is 0 Å². The van der Waals surface area contributed by atoms with E-state index in [-0.39, 0.29) is 5.75 Å². The predicted molar refractivity (Wildman–Crippen MR) is 113 cm³/mol. The summed E-state index contributed by atoms with van der Waals surface area (Å²) in [4.78, 5) is 26.6. The highest BCUT2D eigenvalue weighted by Crippen LogP contribution is 2.36. The number of benzene rings is 4. The lowest BCUT2D eigenvalue weighted by atomic mass is 9.96. The van der Waals surface area contributed by atoms with Gasteiger partial charge in [-0.05, 0) is 41.8 Å². The molecule has 0 aliphatic rings. The number of para-hydroxylation sites is 1. The Morgan fingerprint density at radius 2 is 1.38 bits per heavy atom. The van der Waals surface area contributed by atoms with Crippen molar-refractivity contribution in [2.75, 3.05) is 0 Å². The van der Waals surface area contributed by atoms with E-state index < -0.39 is 11.1 Å². The Bertz CT molecular complexity index is 1680. The Hall–Kier alpha value is -4.12. The summed E-state index contributed by atoms with van der Waals surface area (Å²) in [6.07, 6.45) is 0. The number of aromatic nitrogens is 1. The summed E-state index contributed by atoms with van der Waals surface area (Å²) in [5, 5.41) is 13.9. The Labute approximate surface area is 163 Å². The van der Waals surface area contributed by atoms with Crippen molar-refractivity contribution in [3.8, 4) is 11.4 Å². The van der Waals surface area contributed by atoms with Crippen molar-refractivity contribution in [1.82, 2.24) is 4.57 Å². The lowest BCUT2D eigenvalue weighted by Gasteiger charge is -2.14. The molecule has 0 radical (unpaired) electrons. The molecular weight excluding hydrogens is 366 g/mol. The van der Waals surface area contributed by atoms with Gasteiger partial charge in [-0.15, -0.1) is 0 Å². The number of pyridine rings is 1. The van der Waals surface area contributed by atoms with Crippen molar-refractivity contribution >= 4 is 43.5 Å². The molecule has 0 aliphatic carbocycles. The van der Waals surface area contributed by atoms with E-state index in [1.807, 2.05) is 30.3 Å². The fourth-order valence-corrected chi connectivity index (χ4v) is 4.23. The van der Waals surface area contributed by atoms with E-state index in [2.05, 4.69) is 0 Å². The molecule has 2 aromatic heterocycles. The Morgan fingerprint density at radius 3 is 2.17 bits per heavy atom. The van der Waals surface area contributed by atoms with Gasteiger partial charge in [-0.3, -0.25) is 9.59 Å². The van der Waals surface area contributed by atoms with Gasteiger partial charge in [0.15, 0.2) is 0 Å². The van der Waals surface area contributed by atoms with E-state index in [0.717, 1.165) is 26.3 Å². The molecule has 0 atom stereocenters. The first-order valence-corrected chi connectivity index (χ1v) is 9.18. The van der Waals surface area contributed by atoms with E-state index in [9.17, 15) is 14.7 Å². The molecule has 2 heterocycles. The maximum Gasteiger partial charge on any atom is 0.265 e. The second kappa shape index (κ2) is 5.45. The Kier molecular flexibility index (Phi) is 2.99. The third kappa shape index (κ3) is 2.04. The van der Waals surface area contributed by atoms with Crippen LogP contribution in [0.15, 0.2) is 86.8 Å². The lowest BCUT2D eigenvalue weighted by Crippen LogP contribution is -2.31. The third-order valence-corrected chi connectivity index (χ3v) is 5.47. The number of nitrogens with zero attached hydrogens (tertiary/aromatic N) is 1. The summed E-state index contributed by atoms with van der Waals surface area (Å²) >= 11 is 0. The van der Waals surface area contributed by atoms with Crippen molar-refractivity contribution in [3.05, 3.63) is 93.5 Å². The van der Waals surface area contributed by atoms with E-state index in [0.29, 0.717) is 27.4 Å². The van der Waals surface area contributed by atoms with Gasteiger partial charge >= 0.3 is 0 Å². The van der Waals surface area contributed by atoms with Crippen LogP contribution in [0.5, 0.6) is 5.75 Å². The van der Waals surface area contributed by atoms with Crippen molar-refractivity contribution < 1.29 is 9.52 Å². The maximum atomic E-state index is 13.3. The summed E-state index contributed by atoms with van der Waals surface area (Å²) in [5.74, 6) is -0.0100. The molecule has 5 heteroatoms. The molecule has 1 N–H and O–H groups in total. The zero-order chi connectivity index (χ0) is 19.7. The quantitative estimate of drug-likeness (QED) is 0.336. The van der Waals surface area contributed by atoms with Gasteiger partial charge < -0.3 is 9.52 Å². The van der Waals surface area contributed by atoms with Gasteiger partial charge in [-0.25, -0.2) is 4.57 Å². The maximum absolute atomic E-state index is 13.3. The Morgan fingerprint density at radius 1 is 0.655 bits per heavy atom. The van der Waals surface area contributed by atoms with Crippen LogP contribution >= 0.6 is 0 Å². The van der Waals surface area contributed by atoms with Crippen LogP contribution in [0, 0.1) is 0 Å². The number of fused-ring (bicyclic) bond motifs is 2. The van der Waals surface area contributed by atoms with Gasteiger partial charge in [0.05, 0.1) is 5.69 Å². The molecule has 0 saturated heterocycles. The van der Waals surface area contributed by atoms with Crippen LogP contribution < -0.4 is 11.1 Å². The van der Waals surface area contributed by atoms with Crippen LogP contribution in [-0.2, 0) is 0 Å². The van der Waals surface area contributed by atoms with Crippen molar-refractivity contribution in [2.24, 2.45) is 0 Å². The van der Waals surface area contributed by atoms with Crippen molar-refractivity contribution in [3.63, 3.8) is 0 Å². The summed E-state index contributed by atoms with van der Waals surface area (Å²) in [5.41, 5.74) is 0.871. The molecule has 6 aromatic rings. The fourth-order valence-electron chi connectivity index (χ4n) is 4.23. The summed E-state index contributed by atoms with van der Waals surface area (Å²) in [6.45, 7) is 0. The molecular formula is C24H13NO4. The molecule has 4 aromatic carbocycles. The second-order valence-electron chi connectivity index (χ2n) is 7.09. The SMILES string of the molecule is O=c1c2ccc3oc4ccccc4c4ccc(c(=O)n1-c1cccc(O)c1)c2c34. The first-order valence-electron chi connectivity index (χ1n) is 9.18. The summed E-state index contributed by atoms with van der Waals surface area (Å²) in [7, 11) is 0. The van der Waals surface area contributed by atoms with Gasteiger partial charge in [0.25, 0.3) is 11.1 Å². The van der Waals surface area contributed by atoms with Gasteiger partial charge in [-0.1, -0.05) is 30.3 Å². The van der Waals surface area contributed by atoms with Crippen LogP contribution in [0.2, 0.25) is 0 Å². The molecule has 0 fully saturated rings. The largest absolute Gasteiger partial charge is 0.508 e. The number of hydrogen-bond donors (Lipinski definition) is 1. The fraction of sp³-hybridized carbons (Fsp3) is 0. The molecule has 29 heavy (non-hydrogen) atoms. The highest BCUT2D eigenvalue weighted by Gasteiger charge is 2.19. The van der Waals surface area contributed by atoms with E-state index in [4.69, 9.17) is 4.42 Å². The van der Waals surface area contributed by atoms with Gasteiger partial charge in [0.1, 0.15) is 16.9 Å². The van der Waals surface area contributed by atoms with Crippen LogP contribution in [0.1, 0.15) is 0 Å². The van der Waals surface area contributed by atoms with E-state index >= 15 is 0 Å². The van der Waals surface area contributed by atoms with Crippen LogP contribution in [0.3, 0.4) is 0 Å². The van der Waals surface area contributed by atoms with Crippen molar-refractivity contribution in [1.29, 1.82) is 0 Å². The molecule has 0 bridgehead atoms. The minimum absolute atomic E-state index is 0.0100. The van der Waals surface area contributed by atoms with E-state index in [1.54, 1.807) is 30.3 Å². The lowest BCUT2D eigenvalue weighted by molar-refractivity contribution is 0.475. The first kappa shape index (κ1) is 15.9. The van der Waals surface area contributed by atoms with Gasteiger partial charge in [0, 0.05) is 33.0 Å². The zero-order valence-corrected chi connectivity index (χ0v) is 15.0.